The zero-order valence-electron chi connectivity index (χ0n) is 41.4. The van der Waals surface area contributed by atoms with Gasteiger partial charge in [0, 0.05) is 87.6 Å². The van der Waals surface area contributed by atoms with Crippen LogP contribution < -0.4 is 21.3 Å². The van der Waals surface area contributed by atoms with Crippen LogP contribution in [0.15, 0.2) is 85.5 Å². The van der Waals surface area contributed by atoms with Crippen LogP contribution in [0.3, 0.4) is 0 Å². The third-order valence-corrected chi connectivity index (χ3v) is 12.7. The van der Waals surface area contributed by atoms with Crippen molar-refractivity contribution in [2.24, 2.45) is 0 Å². The molecule has 4 aromatic heterocycles. The van der Waals surface area contributed by atoms with Gasteiger partial charge < -0.3 is 49.7 Å². The first-order valence-corrected chi connectivity index (χ1v) is 24.0. The minimum atomic E-state index is -4.57. The number of nitrogens with zero attached hydrogens (tertiary/aromatic N) is 6. The molecule has 2 aromatic carbocycles. The average molecular weight is 1050 g/mol. The highest BCUT2D eigenvalue weighted by Gasteiger charge is 2.45. The molecule has 2 aliphatic heterocycles. The number of halogens is 6. The lowest BCUT2D eigenvalue weighted by Crippen LogP contribution is -2.32. The fraction of sp³-hybridized carbons (Fsp3) is 0.434. The van der Waals surface area contributed by atoms with Crippen molar-refractivity contribution in [3.05, 3.63) is 119 Å². The van der Waals surface area contributed by atoms with E-state index in [0.717, 1.165) is 47.5 Å². The molecule has 4 aliphatic rings. The SMILES string of the molecule is C.COCCNc1nc(C(F)(F)F)ccc1-c1cc(Nc2cccc3c2C[C@@H]2OC(C)(C)O[C@@H]2C3)ncn1.COCCNc1nc(C(F)(F)F)ccc1-c1cc(Nc2cccc3c2C[C@H]2OC(C)(C)O[C@H]2C3)ncn1. The topological polar surface area (TPSA) is 181 Å². The van der Waals surface area contributed by atoms with E-state index in [4.69, 9.17) is 28.4 Å². The molecule has 2 fully saturated rings. The predicted octanol–water partition coefficient (Wildman–Crippen LogP) is 10.6. The number of benzene rings is 2. The molecule has 75 heavy (non-hydrogen) atoms. The first-order chi connectivity index (χ1) is 35.3. The average Bonchev–Trinajstić information content (AvgIpc) is 3.84. The van der Waals surface area contributed by atoms with Crippen LogP contribution in [0.4, 0.5) is 61.0 Å². The number of pyridine rings is 2. The Balaban J connectivity index is 0.000000197. The standard InChI is InChI=1S/2C26H28F3N5O3.CH4/c2*1-25(2)36-20-11-15-5-4-6-18(17(15)12-21(20)37-25)33-23-13-19(31-14-32-23)16-7-8-22(26(27,28)29)34-24(16)30-9-10-35-3;/h2*4-8,13-14,20-21H,9-12H2,1-3H3,(H,30,34)(H,31,32,33);1H4/t2*20-,21+;/m10./s1. The van der Waals surface area contributed by atoms with Gasteiger partial charge in [-0.05, 0) is 86.3 Å². The summed E-state index contributed by atoms with van der Waals surface area (Å²) in [6.45, 7) is 8.88. The van der Waals surface area contributed by atoms with Crippen LogP contribution in [-0.4, -0.2) is 106 Å². The van der Waals surface area contributed by atoms with Crippen LogP contribution in [0.25, 0.3) is 22.5 Å². The smallest absolute Gasteiger partial charge is 0.383 e. The van der Waals surface area contributed by atoms with E-state index < -0.39 is 35.3 Å². The molecule has 2 saturated heterocycles. The lowest BCUT2D eigenvalue weighted by molar-refractivity contribution is -0.145. The van der Waals surface area contributed by atoms with Crippen LogP contribution in [0.1, 0.15) is 68.8 Å². The van der Waals surface area contributed by atoms with Gasteiger partial charge in [0.1, 0.15) is 47.3 Å². The molecule has 0 amide bonds. The van der Waals surface area contributed by atoms with Gasteiger partial charge in [-0.15, -0.1) is 0 Å². The van der Waals surface area contributed by atoms with Gasteiger partial charge >= 0.3 is 12.4 Å². The Bertz CT molecular complexity index is 2770. The van der Waals surface area contributed by atoms with Gasteiger partial charge in [-0.1, -0.05) is 31.7 Å². The normalized spacial score (nSPS) is 20.0. The number of rotatable bonds is 14. The molecule has 400 valence electrons. The third-order valence-electron chi connectivity index (χ3n) is 12.7. The molecule has 4 N–H and O–H groups in total. The quantitative estimate of drug-likeness (QED) is 0.0597. The number of ether oxygens (including phenoxy) is 6. The molecule has 0 saturated carbocycles. The molecule has 2 aliphatic carbocycles. The van der Waals surface area contributed by atoms with Crippen molar-refractivity contribution in [1.29, 1.82) is 0 Å². The minimum absolute atomic E-state index is 0. The highest BCUT2D eigenvalue weighted by Crippen LogP contribution is 2.42. The molecule has 0 spiro atoms. The van der Waals surface area contributed by atoms with Gasteiger partial charge in [-0.3, -0.25) is 0 Å². The molecule has 6 aromatic rings. The number of methoxy groups -OCH3 is 2. The summed E-state index contributed by atoms with van der Waals surface area (Å²) in [7, 11) is 3.03. The van der Waals surface area contributed by atoms with Gasteiger partial charge in [0.25, 0.3) is 0 Å². The first-order valence-electron chi connectivity index (χ1n) is 24.0. The number of anilines is 6. The van der Waals surface area contributed by atoms with Crippen molar-refractivity contribution >= 4 is 34.6 Å². The van der Waals surface area contributed by atoms with Crippen molar-refractivity contribution in [3.8, 4) is 22.5 Å². The van der Waals surface area contributed by atoms with E-state index in [0.29, 0.717) is 60.2 Å². The predicted molar refractivity (Wildman–Crippen MR) is 270 cm³/mol. The van der Waals surface area contributed by atoms with E-state index in [1.165, 1.54) is 50.1 Å². The monoisotopic (exact) mass is 1050 g/mol. The molecule has 0 unspecified atom stereocenters. The Morgan fingerprint density at radius 3 is 1.31 bits per heavy atom. The number of alkyl halides is 6. The molecular formula is C53H60F6N10O6. The van der Waals surface area contributed by atoms with Crippen LogP contribution in [0, 0.1) is 0 Å². The Labute approximate surface area is 430 Å². The summed E-state index contributed by atoms with van der Waals surface area (Å²) in [4.78, 5) is 24.9. The Kier molecular flexibility index (Phi) is 16.3. The van der Waals surface area contributed by atoms with Crippen molar-refractivity contribution in [2.45, 2.75) is 109 Å². The van der Waals surface area contributed by atoms with Crippen LogP contribution in [0.2, 0.25) is 0 Å². The fourth-order valence-corrected chi connectivity index (χ4v) is 9.60. The summed E-state index contributed by atoms with van der Waals surface area (Å²) in [5.41, 5.74) is 6.12. The number of aromatic nitrogens is 6. The molecule has 10 rings (SSSR count). The largest absolute Gasteiger partial charge is 0.433 e. The van der Waals surface area contributed by atoms with Crippen molar-refractivity contribution < 1.29 is 54.8 Å². The molecule has 16 nitrogen and oxygen atoms in total. The maximum atomic E-state index is 13.3. The highest BCUT2D eigenvalue weighted by molar-refractivity contribution is 5.77. The lowest BCUT2D eigenvalue weighted by atomic mass is 9.86. The fourth-order valence-electron chi connectivity index (χ4n) is 9.60. The second kappa shape index (κ2) is 22.3. The second-order valence-corrected chi connectivity index (χ2v) is 19.0. The summed E-state index contributed by atoms with van der Waals surface area (Å²) >= 11 is 0. The zero-order chi connectivity index (χ0) is 52.4. The number of hydrogen-bond acceptors (Lipinski definition) is 16. The molecule has 6 heterocycles. The molecular weight excluding hydrogens is 987 g/mol. The lowest BCUT2D eigenvalue weighted by Gasteiger charge is -2.27. The Hall–Kier alpha value is -6.56. The summed E-state index contributed by atoms with van der Waals surface area (Å²) < 4.78 is 114. The van der Waals surface area contributed by atoms with Crippen molar-refractivity contribution in [1.82, 2.24) is 29.9 Å². The minimum Gasteiger partial charge on any atom is -0.383 e. The second-order valence-electron chi connectivity index (χ2n) is 19.0. The van der Waals surface area contributed by atoms with Gasteiger partial charge in [-0.25, -0.2) is 29.9 Å². The van der Waals surface area contributed by atoms with E-state index in [-0.39, 0.29) is 56.6 Å². The summed E-state index contributed by atoms with van der Waals surface area (Å²) in [6.07, 6.45) is -3.54. The first kappa shape index (κ1) is 54.7. The van der Waals surface area contributed by atoms with Crippen LogP contribution in [0.5, 0.6) is 0 Å². The van der Waals surface area contributed by atoms with Crippen LogP contribution in [-0.2, 0) is 66.5 Å². The van der Waals surface area contributed by atoms with Gasteiger partial charge in [0.2, 0.25) is 0 Å². The molecule has 0 bridgehead atoms. The van der Waals surface area contributed by atoms with Gasteiger partial charge in [0.05, 0.1) is 49.0 Å². The summed E-state index contributed by atoms with van der Waals surface area (Å²) in [5.74, 6) is -0.0743. The Morgan fingerprint density at radius 2 is 0.933 bits per heavy atom. The maximum Gasteiger partial charge on any atom is 0.433 e. The van der Waals surface area contributed by atoms with Crippen molar-refractivity contribution in [2.75, 3.05) is 61.8 Å². The molecule has 0 radical (unpaired) electrons. The van der Waals surface area contributed by atoms with E-state index in [1.54, 1.807) is 12.1 Å². The highest BCUT2D eigenvalue weighted by atomic mass is 19.4. The molecule has 4 atom stereocenters. The molecule has 22 heteroatoms. The van der Waals surface area contributed by atoms with Gasteiger partial charge in [-0.2, -0.15) is 26.3 Å². The third kappa shape index (κ3) is 12.9. The number of fused-ring (bicyclic) bond motifs is 4. The Morgan fingerprint density at radius 1 is 0.547 bits per heavy atom. The van der Waals surface area contributed by atoms with E-state index in [2.05, 4.69) is 63.3 Å². The number of hydrogen-bond donors (Lipinski definition) is 4. The van der Waals surface area contributed by atoms with E-state index >= 15 is 0 Å². The van der Waals surface area contributed by atoms with E-state index in [1.807, 2.05) is 52.0 Å². The summed E-state index contributed by atoms with van der Waals surface area (Å²) in [6, 6.07) is 20.1. The maximum absolute atomic E-state index is 13.3. The van der Waals surface area contributed by atoms with Crippen LogP contribution >= 0.6 is 0 Å². The summed E-state index contributed by atoms with van der Waals surface area (Å²) in [5, 5.41) is 12.6. The van der Waals surface area contributed by atoms with E-state index in [9.17, 15) is 26.3 Å². The van der Waals surface area contributed by atoms with Gasteiger partial charge in [0.15, 0.2) is 11.6 Å². The zero-order valence-corrected chi connectivity index (χ0v) is 41.4. The number of nitrogens with one attached hydrogen (secondary N) is 4. The van der Waals surface area contributed by atoms with Crippen molar-refractivity contribution in [3.63, 3.8) is 0 Å².